The topological polar surface area (TPSA) is 113 Å². The molecule has 0 aromatic carbocycles. The Bertz CT molecular complexity index is 1050. The molecular weight excluding hydrogens is 435 g/mol. The summed E-state index contributed by atoms with van der Waals surface area (Å²) in [6.45, 7) is 2.57. The van der Waals surface area contributed by atoms with E-state index in [4.69, 9.17) is 5.84 Å². The molecule has 0 saturated carbocycles. The molecule has 2 atom stereocenters. The first kappa shape index (κ1) is 24.3. The summed E-state index contributed by atoms with van der Waals surface area (Å²) in [5.41, 5.74) is 0.475. The molecule has 176 valence electrons. The zero-order valence-electron chi connectivity index (χ0n) is 18.5. The summed E-state index contributed by atoms with van der Waals surface area (Å²) >= 11 is 0. The van der Waals surface area contributed by atoms with Crippen molar-refractivity contribution in [3.63, 3.8) is 0 Å². The minimum absolute atomic E-state index is 0.129. The number of aromatic nitrogens is 3. The molecule has 1 aliphatic rings. The number of alkyl halides is 2. The van der Waals surface area contributed by atoms with Gasteiger partial charge in [0, 0.05) is 36.8 Å². The maximum atomic E-state index is 15.8. The molecular formula is C22H26F3N7O. The van der Waals surface area contributed by atoms with E-state index in [1.807, 2.05) is 0 Å². The monoisotopic (exact) mass is 461 g/mol. The van der Waals surface area contributed by atoms with Gasteiger partial charge in [-0.15, -0.1) is 0 Å². The van der Waals surface area contributed by atoms with Crippen molar-refractivity contribution < 1.29 is 18.3 Å². The number of pyridine rings is 1. The first-order chi connectivity index (χ1) is 15.6. The van der Waals surface area contributed by atoms with E-state index in [-0.39, 0.29) is 6.42 Å². The maximum Gasteiger partial charge on any atom is 0.320 e. The predicted octanol–water partition coefficient (Wildman–Crippen LogP) is 2.83. The minimum atomic E-state index is -3.96. The summed E-state index contributed by atoms with van der Waals surface area (Å²) in [5.74, 6) is -0.0233. The van der Waals surface area contributed by atoms with Crippen molar-refractivity contribution in [3.05, 3.63) is 65.8 Å². The molecule has 33 heavy (non-hydrogen) atoms. The molecule has 0 aliphatic heterocycles. The van der Waals surface area contributed by atoms with Gasteiger partial charge in [-0.1, -0.05) is 17.7 Å². The molecule has 8 nitrogen and oxygen atoms in total. The van der Waals surface area contributed by atoms with Gasteiger partial charge in [-0.3, -0.25) is 9.99 Å². The number of nitrogens with two attached hydrogens (primary N) is 1. The van der Waals surface area contributed by atoms with Crippen LogP contribution in [0.3, 0.4) is 0 Å². The summed E-state index contributed by atoms with van der Waals surface area (Å²) in [6.07, 6.45) is 7.96. The van der Waals surface area contributed by atoms with Gasteiger partial charge in [0.25, 0.3) is 0 Å². The molecule has 3 rings (SSSR count). The molecule has 0 radical (unpaired) electrons. The lowest BCUT2D eigenvalue weighted by atomic mass is 9.75. The lowest BCUT2D eigenvalue weighted by Gasteiger charge is -2.42. The Hall–Kier alpha value is -3.31. The zero-order chi connectivity index (χ0) is 24.2. The second-order valence-electron chi connectivity index (χ2n) is 7.86. The van der Waals surface area contributed by atoms with Gasteiger partial charge in [0.15, 0.2) is 5.60 Å². The highest BCUT2D eigenvalue weighted by atomic mass is 19.3. The molecule has 0 saturated heterocycles. The van der Waals surface area contributed by atoms with Crippen molar-refractivity contribution in [1.29, 1.82) is 0 Å². The van der Waals surface area contributed by atoms with Crippen LogP contribution in [0.15, 0.2) is 59.4 Å². The van der Waals surface area contributed by atoms with E-state index in [2.05, 4.69) is 25.5 Å². The van der Waals surface area contributed by atoms with Gasteiger partial charge in [-0.05, 0) is 32.4 Å². The Morgan fingerprint density at radius 1 is 1.21 bits per heavy atom. The number of allylic oxidation sites excluding steroid dienone is 3. The number of rotatable bonds is 8. The summed E-state index contributed by atoms with van der Waals surface area (Å²) in [5, 5.41) is 15.8. The normalized spacial score (nSPS) is 18.5. The molecule has 2 aromatic rings. The highest BCUT2D eigenvalue weighted by molar-refractivity contribution is 5.60. The van der Waals surface area contributed by atoms with E-state index in [0.29, 0.717) is 22.5 Å². The first-order valence-electron chi connectivity index (χ1n) is 10.2. The Kier molecular flexibility index (Phi) is 7.13. The number of hydrazine groups is 1. The molecule has 0 bridgehead atoms. The molecule has 2 unspecified atom stereocenters. The van der Waals surface area contributed by atoms with Crippen LogP contribution in [0, 0.1) is 12.8 Å². The van der Waals surface area contributed by atoms with Gasteiger partial charge in [0.05, 0.1) is 12.5 Å². The van der Waals surface area contributed by atoms with Crippen molar-refractivity contribution in [2.75, 3.05) is 13.6 Å². The highest BCUT2D eigenvalue weighted by Gasteiger charge is 2.61. The molecule has 1 aliphatic carbocycles. The van der Waals surface area contributed by atoms with Gasteiger partial charge in [-0.25, -0.2) is 20.2 Å². The number of hydrogen-bond acceptors (Lipinski definition) is 7. The van der Waals surface area contributed by atoms with Gasteiger partial charge in [-0.2, -0.15) is 13.9 Å². The van der Waals surface area contributed by atoms with Crippen molar-refractivity contribution in [1.82, 2.24) is 25.4 Å². The van der Waals surface area contributed by atoms with E-state index < -0.39 is 35.5 Å². The van der Waals surface area contributed by atoms with Crippen LogP contribution in [0.1, 0.15) is 24.9 Å². The lowest BCUT2D eigenvalue weighted by Crippen LogP contribution is -2.60. The zero-order valence-corrected chi connectivity index (χ0v) is 18.5. The summed E-state index contributed by atoms with van der Waals surface area (Å²) in [7, 11) is 1.49. The number of aryl methyl sites for hydroxylation is 1. The van der Waals surface area contributed by atoms with E-state index >= 15 is 8.78 Å². The third-order valence-corrected chi connectivity index (χ3v) is 5.45. The third-order valence-electron chi connectivity index (χ3n) is 5.45. The quantitative estimate of drug-likeness (QED) is 0.240. The van der Waals surface area contributed by atoms with Crippen LogP contribution < -0.4 is 11.3 Å². The fourth-order valence-corrected chi connectivity index (χ4v) is 3.61. The van der Waals surface area contributed by atoms with Crippen LogP contribution in [0.2, 0.25) is 0 Å². The second kappa shape index (κ2) is 9.67. The molecule has 11 heteroatoms. The molecule has 4 N–H and O–H groups in total. The van der Waals surface area contributed by atoms with Crippen LogP contribution in [-0.2, 0) is 5.92 Å². The fraction of sp³-hybridized carbons (Fsp3) is 0.364. The molecule has 0 fully saturated rings. The van der Waals surface area contributed by atoms with Gasteiger partial charge >= 0.3 is 5.92 Å². The minimum Gasteiger partial charge on any atom is -0.380 e. The second-order valence-corrected chi connectivity index (χ2v) is 7.86. The van der Waals surface area contributed by atoms with Gasteiger partial charge < -0.3 is 10.5 Å². The van der Waals surface area contributed by atoms with Gasteiger partial charge in [0.2, 0.25) is 0 Å². The van der Waals surface area contributed by atoms with Crippen molar-refractivity contribution >= 4 is 6.34 Å². The summed E-state index contributed by atoms with van der Waals surface area (Å²) in [6, 6.07) is 2.51. The Balaban J connectivity index is 2.00. The van der Waals surface area contributed by atoms with Crippen LogP contribution in [0.5, 0.6) is 0 Å². The number of hydrazone groups is 1. The highest BCUT2D eigenvalue weighted by Crippen LogP contribution is 2.48. The van der Waals surface area contributed by atoms with Crippen molar-refractivity contribution in [2.45, 2.75) is 31.8 Å². The Morgan fingerprint density at radius 3 is 2.45 bits per heavy atom. The SMILES string of the molecule is CNN=CN(N)CC(O)(C1CC=C(C)C=C1F)C(F)(F)c1ccc(-c2cnc(C)nc2)cn1. The smallest absolute Gasteiger partial charge is 0.320 e. The third kappa shape index (κ3) is 5.04. The number of nitrogens with zero attached hydrogens (tertiary/aromatic N) is 5. The molecule has 0 spiro atoms. The maximum absolute atomic E-state index is 15.8. The van der Waals surface area contributed by atoms with E-state index in [0.717, 1.165) is 23.5 Å². The summed E-state index contributed by atoms with van der Waals surface area (Å²) in [4.78, 5) is 12.1. The van der Waals surface area contributed by atoms with Crippen LogP contribution in [0.25, 0.3) is 11.1 Å². The average molecular weight is 461 g/mol. The number of hydrogen-bond donors (Lipinski definition) is 3. The van der Waals surface area contributed by atoms with E-state index in [9.17, 15) is 9.50 Å². The average Bonchev–Trinajstić information content (AvgIpc) is 2.78. The number of nitrogens with one attached hydrogen (secondary N) is 1. The fourth-order valence-electron chi connectivity index (χ4n) is 3.61. The van der Waals surface area contributed by atoms with Crippen molar-refractivity contribution in [3.8, 4) is 11.1 Å². The van der Waals surface area contributed by atoms with E-state index in [1.54, 1.807) is 32.3 Å². The van der Waals surface area contributed by atoms with Crippen LogP contribution in [-0.4, -0.2) is 50.6 Å². The molecule has 2 aromatic heterocycles. The number of aliphatic hydroxyl groups is 1. The van der Waals surface area contributed by atoms with Crippen LogP contribution in [0.4, 0.5) is 13.2 Å². The molecule has 0 amide bonds. The first-order valence-corrected chi connectivity index (χ1v) is 10.2. The van der Waals surface area contributed by atoms with Crippen LogP contribution >= 0.6 is 0 Å². The Labute approximate surface area is 189 Å². The Morgan fingerprint density at radius 2 is 1.88 bits per heavy atom. The predicted molar refractivity (Wildman–Crippen MR) is 118 cm³/mol. The molecule has 2 heterocycles. The lowest BCUT2D eigenvalue weighted by molar-refractivity contribution is -0.218. The van der Waals surface area contributed by atoms with Gasteiger partial charge in [0.1, 0.15) is 23.7 Å². The number of halogens is 3. The largest absolute Gasteiger partial charge is 0.380 e. The standard InChI is InChI=1S/C22H26F3N7O/c1-14-4-6-18(19(23)8-14)21(33,12-32(26)13-31-27-3)22(24,25)20-7-5-16(9-30-20)17-10-28-15(2)29-11-17/h4-5,7-11,13,18,27,33H,6,12,26H2,1-3H3. The van der Waals surface area contributed by atoms with E-state index in [1.165, 1.54) is 19.3 Å². The summed E-state index contributed by atoms with van der Waals surface area (Å²) < 4.78 is 46.5. The van der Waals surface area contributed by atoms with Crippen molar-refractivity contribution in [2.24, 2.45) is 16.9 Å².